The Morgan fingerprint density at radius 3 is 2.22 bits per heavy atom. The second-order valence-corrected chi connectivity index (χ2v) is 5.58. The molecular formula is C15H23NO2. The normalized spacial score (nSPS) is 18.2. The van der Waals surface area contributed by atoms with Gasteiger partial charge in [-0.25, -0.2) is 0 Å². The van der Waals surface area contributed by atoms with Crippen molar-refractivity contribution in [1.82, 2.24) is 5.32 Å². The van der Waals surface area contributed by atoms with Crippen molar-refractivity contribution in [3.05, 3.63) is 28.8 Å². The average molecular weight is 249 g/mol. The fraction of sp³-hybridized carbons (Fsp3) is 0.600. The van der Waals surface area contributed by atoms with Crippen LogP contribution in [0.15, 0.2) is 12.1 Å². The van der Waals surface area contributed by atoms with Crippen LogP contribution in [0.2, 0.25) is 0 Å². The van der Waals surface area contributed by atoms with Crippen molar-refractivity contribution < 1.29 is 10.2 Å². The van der Waals surface area contributed by atoms with Crippen LogP contribution >= 0.6 is 0 Å². The van der Waals surface area contributed by atoms with Gasteiger partial charge in [0.1, 0.15) is 5.75 Å². The topological polar surface area (TPSA) is 52.5 Å². The Balaban J connectivity index is 2.06. The third-order valence-corrected chi connectivity index (χ3v) is 4.08. The molecule has 18 heavy (non-hydrogen) atoms. The minimum absolute atomic E-state index is 0.0836. The third-order valence-electron chi connectivity index (χ3n) is 4.08. The zero-order chi connectivity index (χ0) is 13.2. The molecule has 0 atom stereocenters. The molecule has 0 saturated heterocycles. The average Bonchev–Trinajstić information content (AvgIpc) is 2.83. The first kappa shape index (κ1) is 13.4. The summed E-state index contributed by atoms with van der Waals surface area (Å²) in [6.45, 7) is 4.80. The molecule has 3 heteroatoms. The Morgan fingerprint density at radius 1 is 1.17 bits per heavy atom. The predicted molar refractivity (Wildman–Crippen MR) is 72.7 cm³/mol. The van der Waals surface area contributed by atoms with E-state index < -0.39 is 0 Å². The highest BCUT2D eigenvalue weighted by Gasteiger charge is 2.32. The minimum atomic E-state index is -0.0836. The number of aryl methyl sites for hydroxylation is 2. The molecule has 0 heterocycles. The zero-order valence-electron chi connectivity index (χ0n) is 11.3. The van der Waals surface area contributed by atoms with Crippen LogP contribution in [-0.4, -0.2) is 22.4 Å². The van der Waals surface area contributed by atoms with Crippen molar-refractivity contribution in [2.75, 3.05) is 6.61 Å². The van der Waals surface area contributed by atoms with Crippen LogP contribution in [0.3, 0.4) is 0 Å². The van der Waals surface area contributed by atoms with Gasteiger partial charge in [-0.05, 0) is 43.4 Å². The summed E-state index contributed by atoms with van der Waals surface area (Å²) in [6.07, 6.45) is 4.50. The van der Waals surface area contributed by atoms with Gasteiger partial charge >= 0.3 is 0 Å². The first-order valence-electron chi connectivity index (χ1n) is 6.71. The summed E-state index contributed by atoms with van der Waals surface area (Å²) >= 11 is 0. The lowest BCUT2D eigenvalue weighted by atomic mass is 9.98. The lowest BCUT2D eigenvalue weighted by molar-refractivity contribution is 0.163. The van der Waals surface area contributed by atoms with Crippen LogP contribution in [0, 0.1) is 13.8 Å². The molecule has 0 amide bonds. The van der Waals surface area contributed by atoms with Crippen molar-refractivity contribution in [1.29, 1.82) is 0 Å². The summed E-state index contributed by atoms with van der Waals surface area (Å²) in [5.74, 6) is 0.386. The molecule has 1 saturated carbocycles. The summed E-state index contributed by atoms with van der Waals surface area (Å²) < 4.78 is 0. The number of hydrogen-bond acceptors (Lipinski definition) is 3. The summed E-state index contributed by atoms with van der Waals surface area (Å²) in [7, 11) is 0. The summed E-state index contributed by atoms with van der Waals surface area (Å²) in [5.41, 5.74) is 2.91. The smallest absolute Gasteiger partial charge is 0.121 e. The fourth-order valence-electron chi connectivity index (χ4n) is 2.88. The van der Waals surface area contributed by atoms with Crippen LogP contribution in [0.1, 0.15) is 42.4 Å². The van der Waals surface area contributed by atoms with Gasteiger partial charge in [0.25, 0.3) is 0 Å². The largest absolute Gasteiger partial charge is 0.507 e. The number of benzene rings is 1. The van der Waals surface area contributed by atoms with Gasteiger partial charge in [0.15, 0.2) is 0 Å². The molecule has 0 aromatic heterocycles. The van der Waals surface area contributed by atoms with Crippen LogP contribution in [-0.2, 0) is 6.54 Å². The maximum absolute atomic E-state index is 9.75. The Hall–Kier alpha value is -1.06. The highest BCUT2D eigenvalue weighted by molar-refractivity contribution is 5.42. The summed E-state index contributed by atoms with van der Waals surface area (Å²) in [6, 6.07) is 4.02. The molecule has 0 radical (unpaired) electrons. The highest BCUT2D eigenvalue weighted by Crippen LogP contribution is 2.30. The van der Waals surface area contributed by atoms with Gasteiger partial charge in [-0.3, -0.25) is 0 Å². The first-order chi connectivity index (χ1) is 8.56. The molecule has 3 N–H and O–H groups in total. The van der Waals surface area contributed by atoms with Crippen LogP contribution in [0.5, 0.6) is 5.75 Å². The van der Waals surface area contributed by atoms with Crippen LogP contribution in [0.4, 0.5) is 0 Å². The van der Waals surface area contributed by atoms with E-state index >= 15 is 0 Å². The van der Waals surface area contributed by atoms with Crippen LogP contribution < -0.4 is 5.32 Å². The third kappa shape index (κ3) is 2.68. The van der Waals surface area contributed by atoms with Crippen molar-refractivity contribution in [3.63, 3.8) is 0 Å². The fourth-order valence-corrected chi connectivity index (χ4v) is 2.88. The number of phenols is 1. The van der Waals surface area contributed by atoms with Gasteiger partial charge in [0, 0.05) is 12.1 Å². The van der Waals surface area contributed by atoms with Gasteiger partial charge in [-0.2, -0.15) is 0 Å². The lowest BCUT2D eigenvalue weighted by Gasteiger charge is -2.28. The van der Waals surface area contributed by atoms with E-state index in [-0.39, 0.29) is 12.1 Å². The quantitative estimate of drug-likeness (QED) is 0.768. The molecule has 1 aromatic carbocycles. The molecule has 2 rings (SSSR count). The zero-order valence-corrected chi connectivity index (χ0v) is 11.3. The number of nitrogens with one attached hydrogen (secondary N) is 1. The molecule has 0 unspecified atom stereocenters. The van der Waals surface area contributed by atoms with Crippen molar-refractivity contribution in [2.24, 2.45) is 0 Å². The number of aliphatic hydroxyl groups is 1. The van der Waals surface area contributed by atoms with Gasteiger partial charge in [-0.1, -0.05) is 25.0 Å². The van der Waals surface area contributed by atoms with E-state index in [1.807, 2.05) is 26.0 Å². The minimum Gasteiger partial charge on any atom is -0.507 e. The summed E-state index contributed by atoms with van der Waals surface area (Å²) in [5, 5.41) is 22.8. The van der Waals surface area contributed by atoms with Gasteiger partial charge in [-0.15, -0.1) is 0 Å². The molecule has 1 aliphatic rings. The molecule has 1 aromatic rings. The second kappa shape index (κ2) is 5.29. The van der Waals surface area contributed by atoms with Crippen molar-refractivity contribution in [2.45, 2.75) is 51.6 Å². The Morgan fingerprint density at radius 2 is 1.72 bits per heavy atom. The van der Waals surface area contributed by atoms with E-state index in [4.69, 9.17) is 0 Å². The summed E-state index contributed by atoms with van der Waals surface area (Å²) in [4.78, 5) is 0. The lowest BCUT2D eigenvalue weighted by Crippen LogP contribution is -2.45. The number of hydrogen-bond donors (Lipinski definition) is 3. The number of aliphatic hydroxyl groups excluding tert-OH is 1. The molecule has 0 spiro atoms. The first-order valence-corrected chi connectivity index (χ1v) is 6.71. The molecule has 0 bridgehead atoms. The molecule has 3 nitrogen and oxygen atoms in total. The molecule has 1 aliphatic carbocycles. The maximum Gasteiger partial charge on any atom is 0.121 e. The molecule has 1 fully saturated rings. The monoisotopic (exact) mass is 249 g/mol. The Kier molecular flexibility index (Phi) is 3.93. The molecular weight excluding hydrogens is 226 g/mol. The molecule has 100 valence electrons. The SMILES string of the molecule is Cc1cc(CNC2(CO)CCCC2)cc(C)c1O. The number of phenolic OH excluding ortho intramolecular Hbond substituents is 1. The number of aromatic hydroxyl groups is 1. The second-order valence-electron chi connectivity index (χ2n) is 5.58. The molecule has 0 aliphatic heterocycles. The van der Waals surface area contributed by atoms with Crippen molar-refractivity contribution in [3.8, 4) is 5.75 Å². The van der Waals surface area contributed by atoms with Crippen molar-refractivity contribution >= 4 is 0 Å². The van der Waals surface area contributed by atoms with E-state index in [0.29, 0.717) is 5.75 Å². The Labute approximate surface area is 109 Å². The van der Waals surface area contributed by atoms with E-state index in [1.54, 1.807) is 0 Å². The highest BCUT2D eigenvalue weighted by atomic mass is 16.3. The van der Waals surface area contributed by atoms with Gasteiger partial charge < -0.3 is 15.5 Å². The van der Waals surface area contributed by atoms with E-state index in [1.165, 1.54) is 18.4 Å². The van der Waals surface area contributed by atoms with Gasteiger partial charge in [0.05, 0.1) is 6.61 Å². The van der Waals surface area contributed by atoms with Gasteiger partial charge in [0.2, 0.25) is 0 Å². The van der Waals surface area contributed by atoms with Crippen LogP contribution in [0.25, 0.3) is 0 Å². The predicted octanol–water partition coefficient (Wildman–Crippen LogP) is 2.40. The standard InChI is InChI=1S/C15H23NO2/c1-11-7-13(8-12(2)14(11)18)9-16-15(10-17)5-3-4-6-15/h7-8,16-18H,3-6,9-10H2,1-2H3. The Bertz CT molecular complexity index is 399. The van der Waals surface area contributed by atoms with E-state index in [0.717, 1.165) is 30.5 Å². The maximum atomic E-state index is 9.75. The van der Waals surface area contributed by atoms with E-state index in [2.05, 4.69) is 5.32 Å². The number of rotatable bonds is 4. The van der Waals surface area contributed by atoms with E-state index in [9.17, 15) is 10.2 Å².